The number of allylic oxidation sites excluding steroid dienone is 1. The molecule has 4 aromatic rings. The summed E-state index contributed by atoms with van der Waals surface area (Å²) >= 11 is 0. The zero-order valence-corrected chi connectivity index (χ0v) is 22.3. The van der Waals surface area contributed by atoms with Gasteiger partial charge in [-0.2, -0.15) is 10.4 Å². The second-order valence-electron chi connectivity index (χ2n) is 10.5. The van der Waals surface area contributed by atoms with Crippen LogP contribution in [0.15, 0.2) is 79.0 Å². The quantitative estimate of drug-likeness (QED) is 0.198. The lowest BCUT2D eigenvalue weighted by molar-refractivity contribution is -0.131. The molecular weight excluding hydrogens is 498 g/mol. The van der Waals surface area contributed by atoms with Crippen LogP contribution in [0.2, 0.25) is 0 Å². The Balaban J connectivity index is 1.57. The lowest BCUT2D eigenvalue weighted by atomic mass is 9.72. The molecule has 1 unspecified atom stereocenters. The highest BCUT2D eigenvalue weighted by Crippen LogP contribution is 2.46. The van der Waals surface area contributed by atoms with Crippen molar-refractivity contribution in [1.82, 2.24) is 9.78 Å². The fourth-order valence-electron chi connectivity index (χ4n) is 5.88. The molecule has 1 aliphatic carbocycles. The summed E-state index contributed by atoms with van der Waals surface area (Å²) in [4.78, 5) is 11.0. The Labute approximate surface area is 233 Å². The minimum absolute atomic E-state index is 0.111. The van der Waals surface area contributed by atoms with E-state index in [2.05, 4.69) is 47.6 Å². The minimum Gasteiger partial charge on any atom is -0.478 e. The van der Waals surface area contributed by atoms with Crippen LogP contribution in [0.3, 0.4) is 0 Å². The molecule has 3 aromatic carbocycles. The Kier molecular flexibility index (Phi) is 7.31. The molecule has 0 radical (unpaired) electrons. The molecule has 2 aliphatic rings. The average molecular weight is 530 g/mol. The van der Waals surface area contributed by atoms with Gasteiger partial charge in [0.1, 0.15) is 6.07 Å². The van der Waals surface area contributed by atoms with Gasteiger partial charge in [0, 0.05) is 23.6 Å². The number of nitrogens with zero attached hydrogens (tertiary/aromatic N) is 3. The SMILES string of the molecule is N#Cc1c(/C(=C(/c2ccccc2)C2CCC2)c2ccc(/C=C/C(=O)O)cc2)ccc2c1cnn2C1CCCCO1. The van der Waals surface area contributed by atoms with E-state index >= 15 is 0 Å². The Bertz CT molecular complexity index is 1630. The van der Waals surface area contributed by atoms with Gasteiger partial charge in [-0.1, -0.05) is 67.1 Å². The molecule has 200 valence electrons. The highest BCUT2D eigenvalue weighted by molar-refractivity contribution is 6.04. The van der Waals surface area contributed by atoms with Crippen LogP contribution in [-0.2, 0) is 9.53 Å². The van der Waals surface area contributed by atoms with Gasteiger partial charge in [-0.3, -0.25) is 0 Å². The lowest BCUT2D eigenvalue weighted by Gasteiger charge is -2.32. The van der Waals surface area contributed by atoms with Gasteiger partial charge in [0.05, 0.1) is 17.3 Å². The summed E-state index contributed by atoms with van der Waals surface area (Å²) in [6.45, 7) is 0.724. The first-order chi connectivity index (χ1) is 19.6. The Morgan fingerprint density at radius 2 is 1.77 bits per heavy atom. The van der Waals surface area contributed by atoms with E-state index in [0.717, 1.165) is 83.5 Å². The zero-order valence-electron chi connectivity index (χ0n) is 22.3. The standard InChI is InChI=1S/C34H31N3O3/c35-21-28-27(17-18-30-29(28)22-36-37(30)31-11-4-5-20-40-31)34(26-15-12-23(13-16-26)14-19-32(38)39)33(25-9-6-10-25)24-7-2-1-3-8-24/h1-3,7-8,12-19,22,25,31H,4-6,9-11,20H2,(H,38,39)/b19-14+,34-33-. The summed E-state index contributed by atoms with van der Waals surface area (Å²) in [5.74, 6) is -0.586. The van der Waals surface area contributed by atoms with Crippen LogP contribution >= 0.6 is 0 Å². The molecule has 1 N–H and O–H groups in total. The third-order valence-corrected chi connectivity index (χ3v) is 8.08. The maximum atomic E-state index is 11.0. The van der Waals surface area contributed by atoms with Crippen LogP contribution in [0, 0.1) is 17.2 Å². The molecule has 1 saturated heterocycles. The fourth-order valence-corrected chi connectivity index (χ4v) is 5.88. The second-order valence-corrected chi connectivity index (χ2v) is 10.5. The Morgan fingerprint density at radius 1 is 0.975 bits per heavy atom. The van der Waals surface area contributed by atoms with Crippen molar-refractivity contribution in [2.75, 3.05) is 6.61 Å². The van der Waals surface area contributed by atoms with Crippen molar-refractivity contribution in [3.05, 3.63) is 107 Å². The van der Waals surface area contributed by atoms with Gasteiger partial charge >= 0.3 is 5.97 Å². The van der Waals surface area contributed by atoms with Crippen molar-refractivity contribution in [3.63, 3.8) is 0 Å². The molecular formula is C34H31N3O3. The maximum Gasteiger partial charge on any atom is 0.328 e. The molecule has 0 spiro atoms. The number of aliphatic carboxylic acids is 1. The topological polar surface area (TPSA) is 88.1 Å². The van der Waals surface area contributed by atoms with E-state index < -0.39 is 5.97 Å². The predicted molar refractivity (Wildman–Crippen MR) is 156 cm³/mol. The van der Waals surface area contributed by atoms with Crippen molar-refractivity contribution >= 4 is 34.1 Å². The van der Waals surface area contributed by atoms with Gasteiger partial charge in [0.25, 0.3) is 0 Å². The van der Waals surface area contributed by atoms with Crippen molar-refractivity contribution in [1.29, 1.82) is 5.26 Å². The molecule has 1 aliphatic heterocycles. The van der Waals surface area contributed by atoms with E-state index in [-0.39, 0.29) is 6.23 Å². The molecule has 0 bridgehead atoms. The predicted octanol–water partition coefficient (Wildman–Crippen LogP) is 7.46. The molecule has 1 aromatic heterocycles. The summed E-state index contributed by atoms with van der Waals surface area (Å²) in [5.41, 5.74) is 7.66. The molecule has 1 saturated carbocycles. The molecule has 2 heterocycles. The Hall–Kier alpha value is -4.47. The first-order valence-electron chi connectivity index (χ1n) is 14.0. The van der Waals surface area contributed by atoms with Crippen molar-refractivity contribution in [2.24, 2.45) is 5.92 Å². The number of aromatic nitrogens is 2. The van der Waals surface area contributed by atoms with Crippen LogP contribution in [0.25, 0.3) is 28.1 Å². The lowest BCUT2D eigenvalue weighted by Crippen LogP contribution is -2.19. The fraction of sp³-hybridized carbons (Fsp3) is 0.265. The summed E-state index contributed by atoms with van der Waals surface area (Å²) in [6, 6.07) is 25.1. The monoisotopic (exact) mass is 529 g/mol. The Morgan fingerprint density at radius 3 is 2.42 bits per heavy atom. The van der Waals surface area contributed by atoms with Crippen LogP contribution in [-0.4, -0.2) is 27.5 Å². The summed E-state index contributed by atoms with van der Waals surface area (Å²) in [5, 5.41) is 25.1. The highest BCUT2D eigenvalue weighted by atomic mass is 16.5. The van der Waals surface area contributed by atoms with E-state index in [4.69, 9.17) is 9.84 Å². The smallest absolute Gasteiger partial charge is 0.328 e. The summed E-state index contributed by atoms with van der Waals surface area (Å²) < 4.78 is 7.94. The van der Waals surface area contributed by atoms with E-state index in [0.29, 0.717) is 11.5 Å². The molecule has 1 atom stereocenters. The molecule has 40 heavy (non-hydrogen) atoms. The number of rotatable bonds is 7. The van der Waals surface area contributed by atoms with E-state index in [1.165, 1.54) is 12.0 Å². The summed E-state index contributed by atoms with van der Waals surface area (Å²) in [6.07, 6.45) is 10.9. The largest absolute Gasteiger partial charge is 0.478 e. The first kappa shape index (κ1) is 25.8. The average Bonchev–Trinajstić information content (AvgIpc) is 3.40. The summed E-state index contributed by atoms with van der Waals surface area (Å²) in [7, 11) is 0. The zero-order chi connectivity index (χ0) is 27.5. The maximum absolute atomic E-state index is 11.0. The molecule has 6 rings (SSSR count). The van der Waals surface area contributed by atoms with Gasteiger partial charge < -0.3 is 9.84 Å². The number of carbonyl (C=O) groups is 1. The second kappa shape index (κ2) is 11.3. The highest BCUT2D eigenvalue weighted by Gasteiger charge is 2.29. The van der Waals surface area contributed by atoms with Gasteiger partial charge in [-0.05, 0) is 78.0 Å². The van der Waals surface area contributed by atoms with Gasteiger partial charge in [-0.15, -0.1) is 0 Å². The van der Waals surface area contributed by atoms with Gasteiger partial charge in [-0.25, -0.2) is 9.48 Å². The van der Waals surface area contributed by atoms with Gasteiger partial charge in [0.2, 0.25) is 0 Å². The van der Waals surface area contributed by atoms with E-state index in [9.17, 15) is 10.1 Å². The molecule has 6 heteroatoms. The molecule has 0 amide bonds. The minimum atomic E-state index is -0.979. The first-order valence-corrected chi connectivity index (χ1v) is 14.0. The number of carboxylic acid groups (broad SMARTS) is 1. The normalized spacial score (nSPS) is 18.3. The van der Waals surface area contributed by atoms with Gasteiger partial charge in [0.15, 0.2) is 6.23 Å². The third kappa shape index (κ3) is 4.97. The van der Waals surface area contributed by atoms with Crippen molar-refractivity contribution in [2.45, 2.75) is 44.8 Å². The number of nitriles is 1. The number of carboxylic acids is 1. The van der Waals surface area contributed by atoms with Crippen LogP contribution < -0.4 is 0 Å². The van der Waals surface area contributed by atoms with Crippen molar-refractivity contribution < 1.29 is 14.6 Å². The number of hydrogen-bond donors (Lipinski definition) is 1. The number of hydrogen-bond acceptors (Lipinski definition) is 4. The molecule has 6 nitrogen and oxygen atoms in total. The third-order valence-electron chi connectivity index (χ3n) is 8.08. The van der Waals surface area contributed by atoms with Crippen LogP contribution in [0.5, 0.6) is 0 Å². The number of benzene rings is 3. The van der Waals surface area contributed by atoms with Crippen molar-refractivity contribution in [3.8, 4) is 6.07 Å². The van der Waals surface area contributed by atoms with Crippen LogP contribution in [0.1, 0.15) is 72.6 Å². The molecule has 2 fully saturated rings. The number of ether oxygens (including phenoxy) is 1. The number of fused-ring (bicyclic) bond motifs is 1. The van der Waals surface area contributed by atoms with Crippen LogP contribution in [0.4, 0.5) is 0 Å². The van der Waals surface area contributed by atoms with E-state index in [1.54, 1.807) is 12.3 Å². The van der Waals surface area contributed by atoms with E-state index in [1.807, 2.05) is 35.0 Å².